The maximum atomic E-state index is 12.7. The smallest absolute Gasteiger partial charge is 0.253 e. The second kappa shape index (κ2) is 7.70. The molecule has 0 unspecified atom stereocenters. The highest BCUT2D eigenvalue weighted by Crippen LogP contribution is 2.20. The fourth-order valence-corrected chi connectivity index (χ4v) is 3.24. The van der Waals surface area contributed by atoms with E-state index in [1.54, 1.807) is 7.11 Å². The molecule has 3 rings (SSSR count). The van der Waals surface area contributed by atoms with Gasteiger partial charge in [0.05, 0.1) is 7.11 Å². The van der Waals surface area contributed by atoms with Gasteiger partial charge in [0.15, 0.2) is 0 Å². The van der Waals surface area contributed by atoms with Crippen molar-refractivity contribution in [1.82, 2.24) is 9.80 Å². The summed E-state index contributed by atoms with van der Waals surface area (Å²) in [4.78, 5) is 17.1. The summed E-state index contributed by atoms with van der Waals surface area (Å²) in [7, 11) is 1.71. The van der Waals surface area contributed by atoms with Crippen LogP contribution in [0.4, 0.5) is 0 Å². The van der Waals surface area contributed by atoms with E-state index in [0.29, 0.717) is 0 Å². The number of amides is 1. The summed E-state index contributed by atoms with van der Waals surface area (Å²) < 4.78 is 5.43. The van der Waals surface area contributed by atoms with Gasteiger partial charge in [-0.15, -0.1) is 0 Å². The molecule has 4 heteroatoms. The Bertz CT molecular complexity index is 749. The molecule has 132 valence electrons. The van der Waals surface area contributed by atoms with Crippen molar-refractivity contribution in [3.63, 3.8) is 0 Å². The summed E-state index contributed by atoms with van der Waals surface area (Å²) in [6.07, 6.45) is 0. The van der Waals surface area contributed by atoms with Gasteiger partial charge in [0, 0.05) is 43.9 Å². The van der Waals surface area contributed by atoms with Crippen LogP contribution in [-0.4, -0.2) is 49.0 Å². The van der Waals surface area contributed by atoms with Crippen molar-refractivity contribution >= 4 is 5.91 Å². The maximum Gasteiger partial charge on any atom is 0.253 e. The molecule has 0 radical (unpaired) electrons. The van der Waals surface area contributed by atoms with Crippen LogP contribution in [0.5, 0.6) is 5.75 Å². The van der Waals surface area contributed by atoms with E-state index in [1.165, 1.54) is 16.7 Å². The van der Waals surface area contributed by atoms with E-state index in [1.807, 2.05) is 41.3 Å². The molecule has 0 N–H and O–H groups in total. The number of ether oxygens (including phenoxy) is 1. The number of carbonyl (C=O) groups is 1. The van der Waals surface area contributed by atoms with Crippen molar-refractivity contribution in [2.45, 2.75) is 20.4 Å². The van der Waals surface area contributed by atoms with Gasteiger partial charge in [-0.2, -0.15) is 0 Å². The highest BCUT2D eigenvalue weighted by atomic mass is 16.5. The molecular formula is C21H26N2O2. The number of carbonyl (C=O) groups excluding carboxylic acids is 1. The lowest BCUT2D eigenvalue weighted by molar-refractivity contribution is 0.0627. The number of hydrogen-bond donors (Lipinski definition) is 0. The Morgan fingerprint density at radius 3 is 2.40 bits per heavy atom. The Morgan fingerprint density at radius 2 is 1.72 bits per heavy atom. The molecule has 0 aliphatic carbocycles. The Labute approximate surface area is 150 Å². The molecule has 0 aromatic heterocycles. The molecule has 1 fully saturated rings. The van der Waals surface area contributed by atoms with E-state index < -0.39 is 0 Å². The molecule has 25 heavy (non-hydrogen) atoms. The van der Waals surface area contributed by atoms with Crippen molar-refractivity contribution < 1.29 is 9.53 Å². The minimum atomic E-state index is 0.139. The summed E-state index contributed by atoms with van der Waals surface area (Å²) in [6.45, 7) is 8.28. The van der Waals surface area contributed by atoms with Crippen molar-refractivity contribution in [3.05, 3.63) is 64.7 Å². The third-order valence-corrected chi connectivity index (χ3v) is 5.00. The van der Waals surface area contributed by atoms with Crippen molar-refractivity contribution in [2.24, 2.45) is 0 Å². The number of methoxy groups -OCH3 is 1. The van der Waals surface area contributed by atoms with Gasteiger partial charge in [-0.05, 0) is 43.2 Å². The van der Waals surface area contributed by atoms with Gasteiger partial charge >= 0.3 is 0 Å². The van der Waals surface area contributed by atoms with E-state index in [-0.39, 0.29) is 5.91 Å². The molecule has 4 nitrogen and oxygen atoms in total. The third-order valence-electron chi connectivity index (χ3n) is 5.00. The molecule has 0 spiro atoms. The second-order valence-electron chi connectivity index (χ2n) is 6.68. The maximum absolute atomic E-state index is 12.7. The van der Waals surface area contributed by atoms with Gasteiger partial charge in [-0.3, -0.25) is 9.69 Å². The highest BCUT2D eigenvalue weighted by molar-refractivity contribution is 5.94. The molecule has 1 aliphatic heterocycles. The van der Waals surface area contributed by atoms with E-state index in [9.17, 15) is 4.79 Å². The Kier molecular flexibility index (Phi) is 5.39. The lowest BCUT2D eigenvalue weighted by atomic mass is 10.1. The molecule has 0 saturated carbocycles. The van der Waals surface area contributed by atoms with Gasteiger partial charge in [0.2, 0.25) is 0 Å². The molecule has 2 aromatic rings. The Balaban J connectivity index is 1.59. The zero-order valence-electron chi connectivity index (χ0n) is 15.3. The average molecular weight is 338 g/mol. The second-order valence-corrected chi connectivity index (χ2v) is 6.68. The summed E-state index contributed by atoms with van der Waals surface area (Å²) >= 11 is 0. The molecule has 1 aliphatic rings. The normalized spacial score (nSPS) is 15.2. The first-order valence-corrected chi connectivity index (χ1v) is 8.79. The largest absolute Gasteiger partial charge is 0.496 e. The molecule has 1 amide bonds. The Hall–Kier alpha value is -2.33. The van der Waals surface area contributed by atoms with Crippen LogP contribution in [0, 0.1) is 13.8 Å². The van der Waals surface area contributed by atoms with Crippen LogP contribution >= 0.6 is 0 Å². The van der Waals surface area contributed by atoms with Crippen molar-refractivity contribution in [3.8, 4) is 5.75 Å². The summed E-state index contributed by atoms with van der Waals surface area (Å²) in [5, 5.41) is 0. The number of hydrogen-bond acceptors (Lipinski definition) is 3. The fourth-order valence-electron chi connectivity index (χ4n) is 3.24. The standard InChI is InChI=1S/C21H26N2O2/c1-16-8-9-18(14-17(16)2)21(24)23-12-10-22(11-13-23)15-19-6-4-5-7-20(19)25-3/h4-9,14H,10-13,15H2,1-3H3. The van der Waals surface area contributed by atoms with Crippen LogP contribution in [0.3, 0.4) is 0 Å². The van der Waals surface area contributed by atoms with Crippen molar-refractivity contribution in [2.75, 3.05) is 33.3 Å². The molecule has 1 heterocycles. The number of para-hydroxylation sites is 1. The molecular weight excluding hydrogens is 312 g/mol. The van der Waals surface area contributed by atoms with Crippen LogP contribution in [0.15, 0.2) is 42.5 Å². The lowest BCUT2D eigenvalue weighted by Crippen LogP contribution is -2.48. The number of benzene rings is 2. The van der Waals surface area contributed by atoms with E-state index in [2.05, 4.69) is 24.8 Å². The predicted octanol–water partition coefficient (Wildman–Crippen LogP) is 3.27. The SMILES string of the molecule is COc1ccccc1CN1CCN(C(=O)c2ccc(C)c(C)c2)CC1. The molecule has 0 atom stereocenters. The molecule has 2 aromatic carbocycles. The Morgan fingerprint density at radius 1 is 1.00 bits per heavy atom. The third kappa shape index (κ3) is 4.02. The first kappa shape index (κ1) is 17.5. The van der Waals surface area contributed by atoms with E-state index in [4.69, 9.17) is 4.74 Å². The van der Waals surface area contributed by atoms with Gasteiger partial charge in [0.25, 0.3) is 5.91 Å². The quantitative estimate of drug-likeness (QED) is 0.858. The van der Waals surface area contributed by atoms with Gasteiger partial charge in [0.1, 0.15) is 5.75 Å². The number of aryl methyl sites for hydroxylation is 2. The first-order chi connectivity index (χ1) is 12.1. The van der Waals surface area contributed by atoms with E-state index in [0.717, 1.165) is 44.0 Å². The van der Waals surface area contributed by atoms with Crippen LogP contribution in [0.25, 0.3) is 0 Å². The molecule has 1 saturated heterocycles. The van der Waals surface area contributed by atoms with Crippen molar-refractivity contribution in [1.29, 1.82) is 0 Å². The van der Waals surface area contributed by atoms with Crippen LogP contribution in [-0.2, 0) is 6.54 Å². The zero-order valence-corrected chi connectivity index (χ0v) is 15.3. The summed E-state index contributed by atoms with van der Waals surface area (Å²) in [6, 6.07) is 14.1. The van der Waals surface area contributed by atoms with Gasteiger partial charge in [-0.1, -0.05) is 24.3 Å². The molecule has 0 bridgehead atoms. The minimum absolute atomic E-state index is 0.139. The zero-order chi connectivity index (χ0) is 17.8. The van der Waals surface area contributed by atoms with Gasteiger partial charge < -0.3 is 9.64 Å². The van der Waals surface area contributed by atoms with Crippen LogP contribution < -0.4 is 4.74 Å². The minimum Gasteiger partial charge on any atom is -0.496 e. The predicted molar refractivity (Wildman–Crippen MR) is 100 cm³/mol. The number of rotatable bonds is 4. The number of nitrogens with zero attached hydrogens (tertiary/aromatic N) is 2. The average Bonchev–Trinajstić information content (AvgIpc) is 2.64. The monoisotopic (exact) mass is 338 g/mol. The first-order valence-electron chi connectivity index (χ1n) is 8.79. The lowest BCUT2D eigenvalue weighted by Gasteiger charge is -2.35. The topological polar surface area (TPSA) is 32.8 Å². The van der Waals surface area contributed by atoms with E-state index >= 15 is 0 Å². The summed E-state index contributed by atoms with van der Waals surface area (Å²) in [5.74, 6) is 1.07. The van der Waals surface area contributed by atoms with Crippen LogP contribution in [0.2, 0.25) is 0 Å². The van der Waals surface area contributed by atoms with Gasteiger partial charge in [-0.25, -0.2) is 0 Å². The summed E-state index contributed by atoms with van der Waals surface area (Å²) in [5.41, 5.74) is 4.37. The number of piperazine rings is 1. The van der Waals surface area contributed by atoms with Crippen LogP contribution in [0.1, 0.15) is 27.0 Å². The highest BCUT2D eigenvalue weighted by Gasteiger charge is 2.22. The fraction of sp³-hybridized carbons (Fsp3) is 0.381.